The topological polar surface area (TPSA) is 183 Å². The van der Waals surface area contributed by atoms with Crippen LogP contribution in [0.4, 0.5) is 0 Å². The molecule has 16 heavy (non-hydrogen) atoms. The van der Waals surface area contributed by atoms with Gasteiger partial charge in [0.1, 0.15) is 0 Å². The Hall–Kier alpha value is -2.78. The second kappa shape index (κ2) is 6.64. The number of carboxylic acid groups (broad SMARTS) is 4. The molecule has 0 aliphatic rings. The van der Waals surface area contributed by atoms with Crippen LogP contribution < -0.4 is 0 Å². The molecule has 0 heterocycles. The highest BCUT2D eigenvalue weighted by Gasteiger charge is 2.20. The van der Waals surface area contributed by atoms with Crippen LogP contribution in [0.25, 0.3) is 0 Å². The van der Waals surface area contributed by atoms with Gasteiger partial charge in [0.2, 0.25) is 0 Å². The summed E-state index contributed by atoms with van der Waals surface area (Å²) in [4.78, 5) is 56.9. The molecule has 0 aromatic rings. The van der Waals surface area contributed by atoms with Crippen molar-refractivity contribution in [1.82, 2.24) is 0 Å². The Labute approximate surface area is 85.7 Å². The smallest absolute Gasteiger partial charge is 0.384 e. The predicted molar refractivity (Wildman–Crippen MR) is 40.6 cm³/mol. The van der Waals surface area contributed by atoms with Gasteiger partial charge in [-0.3, -0.25) is 9.59 Å². The molecule has 4 N–H and O–H groups in total. The summed E-state index contributed by atoms with van der Waals surface area (Å²) in [5.41, 5.74) is 0. The van der Waals surface area contributed by atoms with Crippen LogP contribution in [-0.4, -0.2) is 55.9 Å². The van der Waals surface area contributed by atoms with E-state index in [1.807, 2.05) is 0 Å². The fraction of sp³-hybridized carbons (Fsp3) is 0. The number of hydrogen-bond donors (Lipinski definition) is 4. The van der Waals surface area contributed by atoms with E-state index in [4.69, 9.17) is 20.4 Å². The Bertz CT molecular complexity index is 296. The summed E-state index contributed by atoms with van der Waals surface area (Å²) in [6, 6.07) is 0. The monoisotopic (exact) mass is 236 g/mol. The summed E-state index contributed by atoms with van der Waals surface area (Å²) in [5.74, 6) is -11.4. The molecule has 0 spiro atoms. The lowest BCUT2D eigenvalue weighted by atomic mass is 10.4. The maximum absolute atomic E-state index is 9.64. The van der Waals surface area contributed by atoms with Crippen molar-refractivity contribution in [1.29, 1.82) is 0 Å². The average Bonchev–Trinajstić information content (AvgIpc) is 2.15. The molecule has 0 aliphatic heterocycles. The number of rotatable bonds is 4. The molecule has 0 bridgehead atoms. The van der Waals surface area contributed by atoms with Gasteiger partial charge in [0.25, 0.3) is 0 Å². The van der Waals surface area contributed by atoms with Crippen LogP contribution in [0.5, 0.6) is 0 Å². The molecular weight excluding hydrogens is 232 g/mol. The zero-order valence-corrected chi connectivity index (χ0v) is 7.24. The molecule has 10 heteroatoms. The van der Waals surface area contributed by atoms with E-state index in [2.05, 4.69) is 0 Å². The first-order valence-corrected chi connectivity index (χ1v) is 3.12. The molecule has 88 valence electrons. The molecule has 0 amide bonds. The number of carbonyl (C=O) groups is 6. The van der Waals surface area contributed by atoms with E-state index in [0.717, 1.165) is 0 Å². The second-order valence-electron chi connectivity index (χ2n) is 1.88. The highest BCUT2D eigenvalue weighted by atomic mass is 16.4. The predicted octanol–water partition coefficient (Wildman–Crippen LogP) is -2.55. The zero-order valence-electron chi connectivity index (χ0n) is 7.24. The Morgan fingerprint density at radius 3 is 0.562 bits per heavy atom. The Balaban J connectivity index is 0. The summed E-state index contributed by atoms with van der Waals surface area (Å²) < 4.78 is 0. The van der Waals surface area contributed by atoms with Gasteiger partial charge in [0.05, 0.1) is 0 Å². The maximum Gasteiger partial charge on any atom is 0.384 e. The van der Waals surface area contributed by atoms with Crippen molar-refractivity contribution in [3.8, 4) is 0 Å². The molecule has 0 saturated carbocycles. The normalized spacial score (nSPS) is 8.00. The third-order valence-corrected chi connectivity index (χ3v) is 0.777. The number of carboxylic acids is 4. The van der Waals surface area contributed by atoms with Gasteiger partial charge in [-0.2, -0.15) is 0 Å². The summed E-state index contributed by atoms with van der Waals surface area (Å²) in [7, 11) is 0. The molecule has 0 aromatic heterocycles. The van der Waals surface area contributed by atoms with Gasteiger partial charge in [-0.25, -0.2) is 19.2 Å². The Kier molecular flexibility index (Phi) is 6.51. The van der Waals surface area contributed by atoms with Gasteiger partial charge in [0, 0.05) is 0 Å². The summed E-state index contributed by atoms with van der Waals surface area (Å²) in [6.07, 6.45) is 0. The third-order valence-electron chi connectivity index (χ3n) is 0.777. The van der Waals surface area contributed by atoms with Crippen LogP contribution in [0.3, 0.4) is 0 Å². The number of aliphatic carboxylic acids is 4. The van der Waals surface area contributed by atoms with Crippen LogP contribution >= 0.6 is 0 Å². The first kappa shape index (κ1) is 15.7. The summed E-state index contributed by atoms with van der Waals surface area (Å²) in [6.45, 7) is 0. The first-order valence-electron chi connectivity index (χ1n) is 3.12. The van der Waals surface area contributed by atoms with E-state index in [0.29, 0.717) is 0 Å². The molecule has 0 radical (unpaired) electrons. The molecule has 0 aromatic carbocycles. The zero-order chi connectivity index (χ0) is 13.5. The Morgan fingerprint density at radius 2 is 0.562 bits per heavy atom. The third kappa shape index (κ3) is 6.71. The summed E-state index contributed by atoms with van der Waals surface area (Å²) in [5, 5.41) is 30.5. The van der Waals surface area contributed by atoms with Crippen LogP contribution in [-0.2, 0) is 28.8 Å². The fourth-order valence-corrected chi connectivity index (χ4v) is 0.183. The van der Waals surface area contributed by atoms with Crippen molar-refractivity contribution < 1.29 is 49.2 Å². The van der Waals surface area contributed by atoms with Crippen LogP contribution in [0.15, 0.2) is 0 Å². The number of Topliss-reactive ketones (excluding diaryl/α,β-unsaturated/α-hetero) is 2. The molecule has 0 atom stereocenters. The van der Waals surface area contributed by atoms with Gasteiger partial charge in [-0.1, -0.05) is 0 Å². The lowest BCUT2D eigenvalue weighted by Gasteiger charge is -1.80. The van der Waals surface area contributed by atoms with Crippen molar-refractivity contribution in [3.63, 3.8) is 0 Å². The SMILES string of the molecule is O=C(O)C(=O)C(=O)O.O=C(O)C(=O)C(=O)O. The van der Waals surface area contributed by atoms with Crippen molar-refractivity contribution in [2.24, 2.45) is 0 Å². The van der Waals surface area contributed by atoms with E-state index in [9.17, 15) is 28.8 Å². The fourth-order valence-electron chi connectivity index (χ4n) is 0.183. The molecule has 0 fully saturated rings. The van der Waals surface area contributed by atoms with Crippen LogP contribution in [0.2, 0.25) is 0 Å². The van der Waals surface area contributed by atoms with Crippen LogP contribution in [0.1, 0.15) is 0 Å². The van der Waals surface area contributed by atoms with Crippen molar-refractivity contribution in [2.45, 2.75) is 0 Å². The number of ketones is 2. The lowest BCUT2D eigenvalue weighted by Crippen LogP contribution is -2.22. The van der Waals surface area contributed by atoms with E-state index >= 15 is 0 Å². The number of hydrogen-bond acceptors (Lipinski definition) is 6. The molecule has 10 nitrogen and oxygen atoms in total. The molecule has 0 aliphatic carbocycles. The van der Waals surface area contributed by atoms with Gasteiger partial charge in [-0.15, -0.1) is 0 Å². The molecular formula is C6H4O10. The number of carbonyl (C=O) groups excluding carboxylic acids is 2. The average molecular weight is 236 g/mol. The summed E-state index contributed by atoms with van der Waals surface area (Å²) >= 11 is 0. The van der Waals surface area contributed by atoms with Gasteiger partial charge in [0.15, 0.2) is 0 Å². The minimum atomic E-state index is -1.95. The van der Waals surface area contributed by atoms with Crippen LogP contribution in [0, 0.1) is 0 Å². The first-order chi connectivity index (χ1) is 7.11. The largest absolute Gasteiger partial charge is 0.475 e. The van der Waals surface area contributed by atoms with Crippen molar-refractivity contribution >= 4 is 35.4 Å². The minimum absolute atomic E-state index is 1.81. The van der Waals surface area contributed by atoms with Gasteiger partial charge < -0.3 is 20.4 Å². The van der Waals surface area contributed by atoms with E-state index in [1.54, 1.807) is 0 Å². The second-order valence-corrected chi connectivity index (χ2v) is 1.88. The van der Waals surface area contributed by atoms with E-state index in [1.165, 1.54) is 0 Å². The van der Waals surface area contributed by atoms with Gasteiger partial charge >= 0.3 is 35.4 Å². The van der Waals surface area contributed by atoms with E-state index in [-0.39, 0.29) is 0 Å². The Morgan fingerprint density at radius 1 is 0.438 bits per heavy atom. The minimum Gasteiger partial charge on any atom is -0.475 e. The molecule has 0 unspecified atom stereocenters. The molecule has 0 rings (SSSR count). The lowest BCUT2D eigenvalue weighted by molar-refractivity contribution is -0.159. The van der Waals surface area contributed by atoms with E-state index < -0.39 is 35.4 Å². The highest BCUT2D eigenvalue weighted by Crippen LogP contribution is 1.69. The molecule has 0 saturated heterocycles. The maximum atomic E-state index is 9.64. The van der Waals surface area contributed by atoms with Crippen molar-refractivity contribution in [3.05, 3.63) is 0 Å². The quantitative estimate of drug-likeness (QED) is 0.299. The highest BCUT2D eigenvalue weighted by molar-refractivity contribution is 6.59. The van der Waals surface area contributed by atoms with Crippen molar-refractivity contribution in [2.75, 3.05) is 0 Å². The van der Waals surface area contributed by atoms with Gasteiger partial charge in [-0.05, 0) is 0 Å². The standard InChI is InChI=1S/2C3H2O5/c2*4-1(2(5)6)3(7)8/h2*(H,5,6)(H,7,8).